The van der Waals surface area contributed by atoms with Crippen LogP contribution in [-0.4, -0.2) is 52.5 Å². The van der Waals surface area contributed by atoms with E-state index in [0.29, 0.717) is 23.3 Å². The van der Waals surface area contributed by atoms with Crippen LogP contribution in [0.2, 0.25) is 0 Å². The average molecular weight is 302 g/mol. The zero-order chi connectivity index (χ0) is 12.4. The molecule has 0 aliphatic heterocycles. The van der Waals surface area contributed by atoms with Crippen LogP contribution < -0.4 is 0 Å². The molecule has 16 heavy (non-hydrogen) atoms. The van der Waals surface area contributed by atoms with Gasteiger partial charge in [-0.25, -0.2) is 0 Å². The number of hydrogen-bond donors (Lipinski definition) is 1. The Hall–Kier alpha value is 0.240. The molecule has 0 rings (SSSR count). The van der Waals surface area contributed by atoms with E-state index >= 15 is 0 Å². The second-order valence-electron chi connectivity index (χ2n) is 2.44. The predicted octanol–water partition coefficient (Wildman–Crippen LogP) is 2.22. The van der Waals surface area contributed by atoms with Gasteiger partial charge in [0.05, 0.1) is 12.4 Å². The van der Waals surface area contributed by atoms with Gasteiger partial charge in [-0.1, -0.05) is 11.8 Å². The minimum atomic E-state index is -0.557. The third kappa shape index (κ3) is 9.46. The highest BCUT2D eigenvalue weighted by Gasteiger charge is 2.11. The monoisotopic (exact) mass is 302 g/mol. The van der Waals surface area contributed by atoms with Crippen LogP contribution in [0.4, 0.5) is 0 Å². The summed E-state index contributed by atoms with van der Waals surface area (Å²) >= 11 is 12.1. The van der Waals surface area contributed by atoms with Crippen molar-refractivity contribution >= 4 is 57.6 Å². The van der Waals surface area contributed by atoms with Gasteiger partial charge in [-0.15, -0.1) is 0 Å². The normalized spacial score (nSPS) is 11.9. The van der Waals surface area contributed by atoms with Crippen molar-refractivity contribution in [1.82, 2.24) is 0 Å². The van der Waals surface area contributed by atoms with Crippen LogP contribution in [0.15, 0.2) is 0 Å². The molecule has 0 heterocycles. The Morgan fingerprint density at radius 1 is 1.31 bits per heavy atom. The van der Waals surface area contributed by atoms with Crippen molar-refractivity contribution in [3.05, 3.63) is 0 Å². The number of aliphatic hydroxyl groups excluding tert-OH is 1. The average Bonchev–Trinajstić information content (AvgIpc) is 2.23. The van der Waals surface area contributed by atoms with Gasteiger partial charge >= 0.3 is 5.24 Å². The summed E-state index contributed by atoms with van der Waals surface area (Å²) in [6.07, 6.45) is 3.19. The molecular weight excluding hydrogens is 288 g/mol. The maximum absolute atomic E-state index is 8.80. The first-order valence-corrected chi connectivity index (χ1v) is 7.74. The summed E-state index contributed by atoms with van der Waals surface area (Å²) in [5.74, 6) is 0.577. The fraction of sp³-hybridized carbons (Fsp3) is 0.750. The zero-order valence-corrected chi connectivity index (χ0v) is 12.3. The van der Waals surface area contributed by atoms with Crippen molar-refractivity contribution in [3.63, 3.8) is 0 Å². The van der Waals surface area contributed by atoms with Crippen LogP contribution in [-0.2, 0) is 14.2 Å². The molecule has 0 aliphatic carbocycles. The maximum Gasteiger partial charge on any atom is 0.352 e. The Labute approximate surface area is 114 Å². The molecule has 0 fully saturated rings. The van der Waals surface area contributed by atoms with Crippen LogP contribution in [0, 0.1) is 0 Å². The molecule has 0 bridgehead atoms. The number of rotatable bonds is 7. The summed E-state index contributed by atoms with van der Waals surface area (Å²) in [6, 6.07) is 0. The lowest BCUT2D eigenvalue weighted by molar-refractivity contribution is -0.0865. The van der Waals surface area contributed by atoms with Gasteiger partial charge in [0, 0.05) is 12.2 Å². The highest BCUT2D eigenvalue weighted by Crippen LogP contribution is 2.05. The highest BCUT2D eigenvalue weighted by atomic mass is 32.2. The lowest BCUT2D eigenvalue weighted by Gasteiger charge is -2.16. The molecule has 0 radical (unpaired) electrons. The summed E-state index contributed by atoms with van der Waals surface area (Å²) in [5.41, 5.74) is 0. The van der Waals surface area contributed by atoms with Crippen molar-refractivity contribution < 1.29 is 19.3 Å². The van der Waals surface area contributed by atoms with E-state index in [0.717, 1.165) is 0 Å². The smallest absolute Gasteiger partial charge is 0.352 e. The lowest BCUT2D eigenvalue weighted by atomic mass is 10.7. The molecule has 0 saturated carbocycles. The molecule has 0 aliphatic rings. The van der Waals surface area contributed by atoms with E-state index in [4.69, 9.17) is 31.5 Å². The van der Waals surface area contributed by atoms with Crippen LogP contribution >= 0.6 is 48.0 Å². The summed E-state index contributed by atoms with van der Waals surface area (Å²) in [7, 11) is 0. The van der Waals surface area contributed by atoms with E-state index in [1.807, 2.05) is 12.5 Å². The van der Waals surface area contributed by atoms with E-state index < -0.39 is 11.5 Å². The van der Waals surface area contributed by atoms with Gasteiger partial charge in [0.2, 0.25) is 10.7 Å². The van der Waals surface area contributed by atoms with Crippen molar-refractivity contribution in [2.24, 2.45) is 0 Å². The Morgan fingerprint density at radius 3 is 2.50 bits per heavy atom. The molecule has 8 heteroatoms. The summed E-state index contributed by atoms with van der Waals surface area (Å²) < 4.78 is 15.8. The Balaban J connectivity index is 3.67. The zero-order valence-electron chi connectivity index (χ0n) is 9.00. The number of ether oxygens (including phenoxy) is 3. The SMILES string of the molecule is CSCC(OCCOC(=S)SC)OC(O)=S. The fourth-order valence-electron chi connectivity index (χ4n) is 0.728. The first-order chi connectivity index (χ1) is 7.60. The molecule has 0 saturated heterocycles. The predicted molar refractivity (Wildman–Crippen MR) is 76.5 cm³/mol. The van der Waals surface area contributed by atoms with Crippen LogP contribution in [0.3, 0.4) is 0 Å². The van der Waals surface area contributed by atoms with Crippen molar-refractivity contribution in [2.75, 3.05) is 31.5 Å². The number of hydrogen-bond acceptors (Lipinski definition) is 7. The van der Waals surface area contributed by atoms with Crippen molar-refractivity contribution in [1.29, 1.82) is 0 Å². The molecule has 1 unspecified atom stereocenters. The van der Waals surface area contributed by atoms with Crippen LogP contribution in [0.5, 0.6) is 0 Å². The van der Waals surface area contributed by atoms with Gasteiger partial charge in [-0.2, -0.15) is 11.8 Å². The fourth-order valence-corrected chi connectivity index (χ4v) is 1.56. The van der Waals surface area contributed by atoms with Crippen LogP contribution in [0.1, 0.15) is 0 Å². The lowest BCUT2D eigenvalue weighted by Crippen LogP contribution is -2.24. The van der Waals surface area contributed by atoms with Crippen molar-refractivity contribution in [2.45, 2.75) is 6.29 Å². The Bertz CT molecular complexity index is 224. The third-order valence-corrected chi connectivity index (χ3v) is 3.08. The molecule has 1 N–H and O–H groups in total. The van der Waals surface area contributed by atoms with Crippen LogP contribution in [0.25, 0.3) is 0 Å². The quantitative estimate of drug-likeness (QED) is 0.436. The van der Waals surface area contributed by atoms with Gasteiger partial charge in [-0.3, -0.25) is 0 Å². The first kappa shape index (κ1) is 16.2. The van der Waals surface area contributed by atoms with Gasteiger partial charge in [0.1, 0.15) is 6.61 Å². The molecule has 94 valence electrons. The molecular formula is C8H14O4S4. The molecule has 1 atom stereocenters. The second-order valence-corrected chi connectivity index (χ2v) is 5.11. The van der Waals surface area contributed by atoms with E-state index in [-0.39, 0.29) is 0 Å². The van der Waals surface area contributed by atoms with E-state index in [1.54, 1.807) is 0 Å². The molecule has 0 spiro atoms. The largest absolute Gasteiger partial charge is 0.476 e. The topological polar surface area (TPSA) is 47.9 Å². The second kappa shape index (κ2) is 10.4. The number of aliphatic hydroxyl groups is 1. The summed E-state index contributed by atoms with van der Waals surface area (Å²) in [5, 5.41) is 8.28. The van der Waals surface area contributed by atoms with Gasteiger partial charge in [-0.05, 0) is 24.7 Å². The molecule has 0 aromatic rings. The summed E-state index contributed by atoms with van der Waals surface area (Å²) in [4.78, 5) is 0. The molecule has 4 nitrogen and oxygen atoms in total. The molecule has 0 amide bonds. The number of thioether (sulfide) groups is 2. The van der Waals surface area contributed by atoms with E-state index in [9.17, 15) is 0 Å². The minimum absolute atomic E-state index is 0.328. The molecule has 0 aromatic heterocycles. The third-order valence-electron chi connectivity index (χ3n) is 1.31. The van der Waals surface area contributed by atoms with Gasteiger partial charge in [0.25, 0.3) is 0 Å². The van der Waals surface area contributed by atoms with E-state index in [1.165, 1.54) is 23.5 Å². The minimum Gasteiger partial charge on any atom is -0.476 e. The first-order valence-electron chi connectivity index (χ1n) is 4.31. The standard InChI is InChI=1S/C8H14O4S4/c1-15-5-6(12-7(9)13)10-3-4-11-8(14)16-2/h6H,3-5H2,1-2H3,(H,9,13). The maximum atomic E-state index is 8.80. The number of thiocarbonyl (C=S) groups is 2. The Morgan fingerprint density at radius 2 is 2.00 bits per heavy atom. The summed E-state index contributed by atoms with van der Waals surface area (Å²) in [6.45, 7) is 0.681. The Kier molecular flexibility index (Phi) is 10.6. The molecule has 0 aromatic carbocycles. The highest BCUT2D eigenvalue weighted by molar-refractivity contribution is 8.22. The van der Waals surface area contributed by atoms with E-state index in [2.05, 4.69) is 12.2 Å². The van der Waals surface area contributed by atoms with Gasteiger partial charge in [0.15, 0.2) is 0 Å². The van der Waals surface area contributed by atoms with Gasteiger partial charge < -0.3 is 19.3 Å². The van der Waals surface area contributed by atoms with Crippen molar-refractivity contribution in [3.8, 4) is 0 Å².